The molecule has 0 saturated carbocycles. The monoisotopic (exact) mass is 524 g/mol. The van der Waals surface area contributed by atoms with Gasteiger partial charge in [-0.1, -0.05) is 62.7 Å². The van der Waals surface area contributed by atoms with Gasteiger partial charge >= 0.3 is 11.9 Å². The van der Waals surface area contributed by atoms with Crippen molar-refractivity contribution in [1.82, 2.24) is 0 Å². The number of esters is 2. The molecule has 1 unspecified atom stereocenters. The lowest BCUT2D eigenvalue weighted by Crippen LogP contribution is -2.41. The van der Waals surface area contributed by atoms with Crippen LogP contribution in [0, 0.1) is 21.4 Å². The molecule has 0 saturated heterocycles. The van der Waals surface area contributed by atoms with Crippen molar-refractivity contribution < 1.29 is 24.0 Å². The number of methoxy groups -OCH3 is 2. The van der Waals surface area contributed by atoms with Crippen LogP contribution in [0.3, 0.4) is 0 Å². The van der Waals surface area contributed by atoms with E-state index in [2.05, 4.69) is 0 Å². The number of nitriles is 1. The SMILES string of the molecule is COC(=O)C1=C(C(=O)OC)N(c2c(Cl)cc(C(C)(C)C)cc2[N+](=O)[O-])C(N)=C(C#N)C1c1ccccc1. The summed E-state index contributed by atoms with van der Waals surface area (Å²) < 4.78 is 9.95. The van der Waals surface area contributed by atoms with E-state index in [4.69, 9.17) is 26.8 Å². The fraction of sp³-hybridized carbons (Fsp3) is 0.269. The molecular weight excluding hydrogens is 500 g/mol. The number of ether oxygens (including phenoxy) is 2. The fourth-order valence-electron chi connectivity index (χ4n) is 4.12. The summed E-state index contributed by atoms with van der Waals surface area (Å²) in [7, 11) is 2.19. The van der Waals surface area contributed by atoms with Crippen molar-refractivity contribution >= 4 is 34.9 Å². The van der Waals surface area contributed by atoms with Gasteiger partial charge in [0.1, 0.15) is 17.2 Å². The Bertz CT molecular complexity index is 1390. The summed E-state index contributed by atoms with van der Waals surface area (Å²) in [5.41, 5.74) is 5.31. The Balaban J connectivity index is 2.53. The molecular formula is C26H25ClN4O6. The van der Waals surface area contributed by atoms with E-state index in [0.717, 1.165) is 19.1 Å². The molecule has 2 N–H and O–H groups in total. The lowest BCUT2D eigenvalue weighted by molar-refractivity contribution is -0.384. The first kappa shape index (κ1) is 27.2. The van der Waals surface area contributed by atoms with Crippen LogP contribution in [-0.4, -0.2) is 31.1 Å². The van der Waals surface area contributed by atoms with Gasteiger partial charge in [-0.25, -0.2) is 9.59 Å². The first-order chi connectivity index (χ1) is 17.4. The molecule has 1 heterocycles. The van der Waals surface area contributed by atoms with Crippen LogP contribution in [0.1, 0.15) is 37.8 Å². The van der Waals surface area contributed by atoms with Crippen molar-refractivity contribution in [1.29, 1.82) is 5.26 Å². The number of nitrogens with zero attached hydrogens (tertiary/aromatic N) is 3. The number of nitrogens with two attached hydrogens (primary N) is 1. The first-order valence-corrected chi connectivity index (χ1v) is 11.4. The number of hydrogen-bond donors (Lipinski definition) is 1. The maximum Gasteiger partial charge on any atom is 0.355 e. The van der Waals surface area contributed by atoms with E-state index in [1.54, 1.807) is 30.3 Å². The normalized spacial score (nSPS) is 15.8. The minimum absolute atomic E-state index is 0.122. The van der Waals surface area contributed by atoms with Crippen LogP contribution in [0.25, 0.3) is 0 Å². The summed E-state index contributed by atoms with van der Waals surface area (Å²) in [5.74, 6) is -3.43. The molecule has 0 aliphatic carbocycles. The highest BCUT2D eigenvalue weighted by atomic mass is 35.5. The van der Waals surface area contributed by atoms with Gasteiger partial charge in [0.15, 0.2) is 0 Å². The number of allylic oxidation sites excluding steroid dienone is 1. The lowest BCUT2D eigenvalue weighted by Gasteiger charge is -2.36. The van der Waals surface area contributed by atoms with Gasteiger partial charge in [-0.15, -0.1) is 0 Å². The van der Waals surface area contributed by atoms with Crippen LogP contribution < -0.4 is 10.6 Å². The molecule has 1 aliphatic rings. The van der Waals surface area contributed by atoms with Gasteiger partial charge in [0.25, 0.3) is 5.69 Å². The Morgan fingerprint density at radius 1 is 1.14 bits per heavy atom. The third-order valence-electron chi connectivity index (χ3n) is 5.94. The number of anilines is 1. The molecule has 1 atom stereocenters. The van der Waals surface area contributed by atoms with Crippen molar-refractivity contribution in [3.8, 4) is 6.07 Å². The number of rotatable bonds is 5. The summed E-state index contributed by atoms with van der Waals surface area (Å²) in [6.45, 7) is 5.56. The number of benzene rings is 2. The molecule has 0 bridgehead atoms. The van der Waals surface area contributed by atoms with Gasteiger partial charge in [-0.2, -0.15) is 5.26 Å². The molecule has 10 nitrogen and oxygen atoms in total. The zero-order chi connectivity index (χ0) is 27.7. The van der Waals surface area contributed by atoms with Crippen LogP contribution in [0.4, 0.5) is 11.4 Å². The molecule has 3 rings (SSSR count). The summed E-state index contributed by atoms with van der Waals surface area (Å²) in [4.78, 5) is 38.9. The highest BCUT2D eigenvalue weighted by Crippen LogP contribution is 2.48. The van der Waals surface area contributed by atoms with Crippen LogP contribution in [-0.2, 0) is 24.5 Å². The van der Waals surface area contributed by atoms with Crippen molar-refractivity contribution in [2.75, 3.05) is 19.1 Å². The number of hydrogen-bond acceptors (Lipinski definition) is 9. The van der Waals surface area contributed by atoms with Gasteiger partial charge < -0.3 is 15.2 Å². The Morgan fingerprint density at radius 3 is 2.22 bits per heavy atom. The molecule has 0 radical (unpaired) electrons. The van der Waals surface area contributed by atoms with Gasteiger partial charge in [0, 0.05) is 6.07 Å². The maximum absolute atomic E-state index is 13.2. The van der Waals surface area contributed by atoms with Gasteiger partial charge in [-0.05, 0) is 22.6 Å². The highest BCUT2D eigenvalue weighted by Gasteiger charge is 2.45. The number of carbonyl (C=O) groups excluding carboxylic acids is 2. The second-order valence-corrected chi connectivity index (χ2v) is 9.58. The first-order valence-electron chi connectivity index (χ1n) is 11.0. The molecule has 2 aromatic rings. The second kappa shape index (κ2) is 10.3. The third-order valence-corrected chi connectivity index (χ3v) is 6.23. The second-order valence-electron chi connectivity index (χ2n) is 9.17. The molecule has 0 spiro atoms. The Morgan fingerprint density at radius 2 is 1.73 bits per heavy atom. The zero-order valence-corrected chi connectivity index (χ0v) is 21.6. The van der Waals surface area contributed by atoms with Gasteiger partial charge in [0.05, 0.1) is 47.3 Å². The largest absolute Gasteiger partial charge is 0.466 e. The highest BCUT2D eigenvalue weighted by molar-refractivity contribution is 6.34. The minimum Gasteiger partial charge on any atom is -0.466 e. The van der Waals surface area contributed by atoms with E-state index in [9.17, 15) is 25.0 Å². The Hall–Kier alpha value is -4.36. The molecule has 0 fully saturated rings. The summed E-state index contributed by atoms with van der Waals surface area (Å²) in [6.07, 6.45) is 0. The van der Waals surface area contributed by atoms with Gasteiger partial charge in [0.2, 0.25) is 0 Å². The lowest BCUT2D eigenvalue weighted by atomic mass is 9.80. The predicted octanol–water partition coefficient (Wildman–Crippen LogP) is 4.44. The van der Waals surface area contributed by atoms with Crippen molar-refractivity contribution in [2.24, 2.45) is 5.73 Å². The maximum atomic E-state index is 13.2. The number of carbonyl (C=O) groups is 2. The third kappa shape index (κ3) is 4.86. The summed E-state index contributed by atoms with van der Waals surface area (Å²) in [6, 6.07) is 13.2. The zero-order valence-electron chi connectivity index (χ0n) is 20.9. The summed E-state index contributed by atoms with van der Waals surface area (Å²) in [5, 5.41) is 22.2. The number of nitro groups is 1. The van der Waals surface area contributed by atoms with Crippen LogP contribution >= 0.6 is 11.6 Å². The van der Waals surface area contributed by atoms with Crippen molar-refractivity contribution in [2.45, 2.75) is 32.1 Å². The van der Waals surface area contributed by atoms with E-state index in [-0.39, 0.29) is 27.7 Å². The van der Waals surface area contributed by atoms with E-state index in [1.807, 2.05) is 26.8 Å². The van der Waals surface area contributed by atoms with Crippen LogP contribution in [0.5, 0.6) is 0 Å². The predicted molar refractivity (Wildman–Crippen MR) is 136 cm³/mol. The fourth-order valence-corrected chi connectivity index (χ4v) is 4.42. The molecule has 1 aliphatic heterocycles. The van der Waals surface area contributed by atoms with E-state index in [0.29, 0.717) is 11.1 Å². The van der Waals surface area contributed by atoms with E-state index >= 15 is 0 Å². The average Bonchev–Trinajstić information content (AvgIpc) is 2.86. The topological polar surface area (TPSA) is 149 Å². The van der Waals surface area contributed by atoms with Crippen LogP contribution in [0.2, 0.25) is 5.02 Å². The molecule has 11 heteroatoms. The molecule has 2 aromatic carbocycles. The van der Waals surface area contributed by atoms with E-state index in [1.165, 1.54) is 12.1 Å². The molecule has 192 valence electrons. The standard InChI is InChI=1S/C26H25ClN4O6/c1-26(2,3)15-11-17(27)21(18(12-15)31(34)35)30-22(25(33)37-5)20(24(32)36-4)19(16(13-28)23(30)29)14-9-7-6-8-10-14/h6-12,19H,29H2,1-5H3. The molecule has 0 aromatic heterocycles. The smallest absolute Gasteiger partial charge is 0.355 e. The quantitative estimate of drug-likeness (QED) is 0.340. The van der Waals surface area contributed by atoms with E-state index < -0.39 is 39.6 Å². The molecule has 37 heavy (non-hydrogen) atoms. The Labute approximate surface area is 218 Å². The van der Waals surface area contributed by atoms with Gasteiger partial charge in [-0.3, -0.25) is 15.0 Å². The summed E-state index contributed by atoms with van der Waals surface area (Å²) >= 11 is 6.60. The number of nitro benzene ring substituents is 1. The average molecular weight is 525 g/mol. The van der Waals surface area contributed by atoms with Crippen LogP contribution in [0.15, 0.2) is 65.1 Å². The van der Waals surface area contributed by atoms with Crippen molar-refractivity contribution in [3.05, 3.63) is 91.4 Å². The minimum atomic E-state index is -1.12. The molecule has 0 amide bonds. The number of halogens is 1. The van der Waals surface area contributed by atoms with Crippen molar-refractivity contribution in [3.63, 3.8) is 0 Å². The Kier molecular flexibility index (Phi) is 7.60.